The smallest absolute Gasteiger partial charge is 0.422 e. The molecule has 122 valence electrons. The van der Waals surface area contributed by atoms with Crippen molar-refractivity contribution < 1.29 is 19.1 Å². The molecule has 0 aliphatic carbocycles. The molecule has 0 aromatic heterocycles. The number of amides is 2. The second kappa shape index (κ2) is 6.60. The summed E-state index contributed by atoms with van der Waals surface area (Å²) in [5.41, 5.74) is -0.911. The van der Waals surface area contributed by atoms with E-state index in [-0.39, 0.29) is 0 Å². The number of imide groups is 1. The number of carbonyl (C=O) groups excluding carboxylic acids is 2. The fourth-order valence-corrected chi connectivity index (χ4v) is 1.58. The molecule has 1 aliphatic heterocycles. The van der Waals surface area contributed by atoms with Crippen LogP contribution in [0, 0.1) is 0 Å². The van der Waals surface area contributed by atoms with Gasteiger partial charge in [-0.1, -0.05) is 5.47 Å². The van der Waals surface area contributed by atoms with Gasteiger partial charge >= 0.3 is 12.2 Å². The maximum absolute atomic E-state index is 12.3. The first-order chi connectivity index (χ1) is 9.89. The van der Waals surface area contributed by atoms with Crippen LogP contribution in [0.2, 0.25) is 0 Å². The predicted molar refractivity (Wildman–Crippen MR) is 83.1 cm³/mol. The summed E-state index contributed by atoms with van der Waals surface area (Å²) < 4.78 is 10.5. The lowest BCUT2D eigenvalue weighted by molar-refractivity contribution is -0.0129. The fourth-order valence-electron chi connectivity index (χ4n) is 1.58. The van der Waals surface area contributed by atoms with Gasteiger partial charge in [-0.05, 0) is 47.7 Å². The van der Waals surface area contributed by atoms with Gasteiger partial charge in [-0.15, -0.1) is 0 Å². The summed E-state index contributed by atoms with van der Waals surface area (Å²) in [7, 11) is 5.64. The van der Waals surface area contributed by atoms with Crippen molar-refractivity contribution in [2.24, 2.45) is 0 Å². The summed E-state index contributed by atoms with van der Waals surface area (Å²) in [5, 5.41) is 5.75. The predicted octanol–water partition coefficient (Wildman–Crippen LogP) is 1.64. The molecular formula is C14H24BN3O4. The van der Waals surface area contributed by atoms with Gasteiger partial charge in [0.2, 0.25) is 0 Å². The number of nitrogens with one attached hydrogen (secondary N) is 2. The molecule has 0 aromatic carbocycles. The Balaban J connectivity index is 2.95. The van der Waals surface area contributed by atoms with Crippen LogP contribution in [0.25, 0.3) is 0 Å². The average Bonchev–Trinajstić information content (AvgIpc) is 2.27. The highest BCUT2D eigenvalue weighted by molar-refractivity contribution is 6.21. The fraction of sp³-hybridized carbons (Fsp3) is 0.714. The molecule has 22 heavy (non-hydrogen) atoms. The summed E-state index contributed by atoms with van der Waals surface area (Å²) in [6.07, 6.45) is -0.874. The Kier molecular flexibility index (Phi) is 5.51. The zero-order chi connectivity index (χ0) is 17.1. The van der Waals surface area contributed by atoms with E-state index in [0.29, 0.717) is 12.0 Å². The third kappa shape index (κ3) is 5.97. The molecule has 1 heterocycles. The molecule has 1 rings (SSSR count). The van der Waals surface area contributed by atoms with Crippen LogP contribution >= 0.6 is 0 Å². The van der Waals surface area contributed by atoms with Crippen LogP contribution in [0.3, 0.4) is 0 Å². The van der Waals surface area contributed by atoms with E-state index in [1.165, 1.54) is 6.20 Å². The van der Waals surface area contributed by atoms with E-state index in [9.17, 15) is 9.59 Å². The highest BCUT2D eigenvalue weighted by atomic mass is 16.6. The van der Waals surface area contributed by atoms with Crippen LogP contribution in [0.15, 0.2) is 11.7 Å². The minimum absolute atomic E-state index is 0.333. The molecule has 7 nitrogen and oxygen atoms in total. The Hall–Kier alpha value is -1.70. The Morgan fingerprint density at radius 1 is 1.14 bits per heavy atom. The zero-order valence-electron chi connectivity index (χ0n) is 14.0. The summed E-state index contributed by atoms with van der Waals surface area (Å²) in [4.78, 5) is 25.5. The van der Waals surface area contributed by atoms with Crippen LogP contribution in [0.1, 0.15) is 41.5 Å². The van der Waals surface area contributed by atoms with Gasteiger partial charge in [-0.3, -0.25) is 5.32 Å². The summed E-state index contributed by atoms with van der Waals surface area (Å²) in [5.74, 6) is 0. The first kappa shape index (κ1) is 18.4. The first-order valence-corrected chi connectivity index (χ1v) is 7.08. The Bertz CT molecular complexity index is 438. The average molecular weight is 309 g/mol. The van der Waals surface area contributed by atoms with Crippen LogP contribution < -0.4 is 10.6 Å². The third-order valence-electron chi connectivity index (χ3n) is 2.36. The number of carbonyl (C=O) groups is 2. The quantitative estimate of drug-likeness (QED) is 0.717. The lowest BCUT2D eigenvalue weighted by atomic mass is 9.96. The van der Waals surface area contributed by atoms with Crippen molar-refractivity contribution in [2.45, 2.75) is 59.0 Å². The van der Waals surface area contributed by atoms with Gasteiger partial charge in [-0.25, -0.2) is 9.59 Å². The van der Waals surface area contributed by atoms with Crippen LogP contribution in [0.4, 0.5) is 9.59 Å². The molecule has 2 amide bonds. The number of rotatable bonds is 1. The first-order valence-electron chi connectivity index (χ1n) is 7.08. The summed E-state index contributed by atoms with van der Waals surface area (Å²) >= 11 is 0. The minimum Gasteiger partial charge on any atom is -0.443 e. The molecule has 2 radical (unpaired) electrons. The van der Waals surface area contributed by atoms with Gasteiger partial charge in [0.1, 0.15) is 19.0 Å². The van der Waals surface area contributed by atoms with E-state index < -0.39 is 29.7 Å². The highest BCUT2D eigenvalue weighted by Crippen LogP contribution is 2.16. The lowest BCUT2D eigenvalue weighted by Gasteiger charge is -2.35. The monoisotopic (exact) mass is 309 g/mol. The van der Waals surface area contributed by atoms with Crippen molar-refractivity contribution in [1.29, 1.82) is 0 Å². The van der Waals surface area contributed by atoms with Gasteiger partial charge in [0.25, 0.3) is 0 Å². The van der Waals surface area contributed by atoms with Gasteiger partial charge in [0, 0.05) is 6.54 Å². The van der Waals surface area contributed by atoms with E-state index in [0.717, 1.165) is 4.90 Å². The Morgan fingerprint density at radius 2 is 1.59 bits per heavy atom. The summed E-state index contributed by atoms with van der Waals surface area (Å²) in [6.45, 7) is 10.7. The Morgan fingerprint density at radius 3 is 1.91 bits per heavy atom. The van der Waals surface area contributed by atoms with Crippen LogP contribution in [0.5, 0.6) is 0 Å². The number of hydrogen-bond acceptors (Lipinski definition) is 6. The van der Waals surface area contributed by atoms with Gasteiger partial charge in [0.15, 0.2) is 6.29 Å². The molecule has 0 aromatic rings. The van der Waals surface area contributed by atoms with Gasteiger partial charge < -0.3 is 14.8 Å². The topological polar surface area (TPSA) is 79.9 Å². The number of hydrogen-bond donors (Lipinski definition) is 2. The molecule has 0 fully saturated rings. The van der Waals surface area contributed by atoms with Crippen LogP contribution in [-0.4, -0.2) is 49.0 Å². The molecule has 1 unspecified atom stereocenters. The van der Waals surface area contributed by atoms with E-state index >= 15 is 0 Å². The third-order valence-corrected chi connectivity index (χ3v) is 2.36. The van der Waals surface area contributed by atoms with E-state index in [1.807, 2.05) is 0 Å². The van der Waals surface area contributed by atoms with Crippen LogP contribution in [-0.2, 0) is 9.47 Å². The molecule has 1 atom stereocenters. The molecule has 0 saturated carbocycles. The largest absolute Gasteiger partial charge is 0.443 e. The maximum Gasteiger partial charge on any atom is 0.422 e. The summed E-state index contributed by atoms with van der Waals surface area (Å²) in [6, 6.07) is 0. The number of nitrogens with zero attached hydrogens (tertiary/aromatic N) is 1. The molecule has 0 bridgehead atoms. The van der Waals surface area contributed by atoms with Crippen molar-refractivity contribution in [3.05, 3.63) is 11.7 Å². The van der Waals surface area contributed by atoms with Gasteiger partial charge in [-0.2, -0.15) is 4.90 Å². The SMILES string of the molecule is [B]C1=CNC(N(C(=O)OC(C)(C)C)C(=O)OC(C)(C)C)NC1. The molecule has 2 N–H and O–H groups in total. The number of ether oxygens (including phenoxy) is 2. The highest BCUT2D eigenvalue weighted by Gasteiger charge is 2.37. The standard InChI is InChI=1S/C14H24BN3O4/c1-13(2,3)21-11(19)18(12(20)22-14(4,5)6)10-16-7-9(15)8-17-10/h7,10,16-17H,8H2,1-6H3. The second-order valence-electron chi connectivity index (χ2n) is 7.00. The molecule has 1 aliphatic rings. The Labute approximate surface area is 132 Å². The van der Waals surface area contributed by atoms with E-state index in [4.69, 9.17) is 17.3 Å². The molecule has 8 heteroatoms. The maximum atomic E-state index is 12.3. The lowest BCUT2D eigenvalue weighted by Crippen LogP contribution is -2.61. The zero-order valence-corrected chi connectivity index (χ0v) is 14.0. The second-order valence-corrected chi connectivity index (χ2v) is 7.00. The molecule has 0 spiro atoms. The van der Waals surface area contributed by atoms with Crippen molar-refractivity contribution in [1.82, 2.24) is 15.5 Å². The minimum atomic E-state index is -0.805. The van der Waals surface area contributed by atoms with Crippen molar-refractivity contribution in [2.75, 3.05) is 6.54 Å². The van der Waals surface area contributed by atoms with Gasteiger partial charge in [0.05, 0.1) is 0 Å². The van der Waals surface area contributed by atoms with Crippen molar-refractivity contribution >= 4 is 20.0 Å². The normalized spacial score (nSPS) is 18.8. The molecule has 0 saturated heterocycles. The van der Waals surface area contributed by atoms with Crippen molar-refractivity contribution in [3.63, 3.8) is 0 Å². The van der Waals surface area contributed by atoms with Crippen molar-refractivity contribution in [3.8, 4) is 0 Å². The molecular weight excluding hydrogens is 285 g/mol. The van der Waals surface area contributed by atoms with E-state index in [1.54, 1.807) is 41.5 Å². The van der Waals surface area contributed by atoms with E-state index in [2.05, 4.69) is 10.6 Å².